The summed E-state index contributed by atoms with van der Waals surface area (Å²) in [5.41, 5.74) is 2.03. The summed E-state index contributed by atoms with van der Waals surface area (Å²) in [5.74, 6) is 0.0251. The average molecular weight is 284 g/mol. The van der Waals surface area contributed by atoms with Crippen molar-refractivity contribution in [1.82, 2.24) is 9.78 Å². The first-order valence-electron chi connectivity index (χ1n) is 7.44. The van der Waals surface area contributed by atoms with Gasteiger partial charge in [0.15, 0.2) is 0 Å². The Hall–Kier alpha value is -2.30. The Bertz CT molecular complexity index is 588. The van der Waals surface area contributed by atoms with Crippen molar-refractivity contribution in [3.8, 4) is 0 Å². The Morgan fingerprint density at radius 2 is 2.00 bits per heavy atom. The fourth-order valence-corrected chi connectivity index (χ4v) is 2.67. The number of carbonyl (C=O) groups excluding carboxylic acids is 1. The molecule has 0 unspecified atom stereocenters. The summed E-state index contributed by atoms with van der Waals surface area (Å²) in [4.78, 5) is 14.4. The standard InChI is InChI=1S/C16H20N4O/c21-16(8-13-20-12-5-9-17-20)18-14-6-1-2-7-15(14)19-10-3-4-11-19/h1-2,5-7,9,12H,3-4,8,10-11,13H2,(H,18,21). The number of amides is 1. The molecule has 1 N–H and O–H groups in total. The maximum absolute atomic E-state index is 12.1. The zero-order chi connectivity index (χ0) is 14.5. The van der Waals surface area contributed by atoms with Crippen molar-refractivity contribution in [3.05, 3.63) is 42.7 Å². The molecule has 0 bridgehead atoms. The average Bonchev–Trinajstić information content (AvgIpc) is 3.19. The highest BCUT2D eigenvalue weighted by molar-refractivity contribution is 5.94. The minimum absolute atomic E-state index is 0.0251. The third-order valence-corrected chi connectivity index (χ3v) is 3.75. The highest BCUT2D eigenvalue weighted by Crippen LogP contribution is 2.28. The molecule has 1 aromatic carbocycles. The van der Waals surface area contributed by atoms with Crippen LogP contribution in [0.4, 0.5) is 11.4 Å². The molecule has 0 spiro atoms. The summed E-state index contributed by atoms with van der Waals surface area (Å²) in [6, 6.07) is 9.89. The number of nitrogens with zero attached hydrogens (tertiary/aromatic N) is 3. The van der Waals surface area contributed by atoms with E-state index in [2.05, 4.69) is 21.4 Å². The first-order chi connectivity index (χ1) is 10.3. The van der Waals surface area contributed by atoms with Crippen molar-refractivity contribution in [2.75, 3.05) is 23.3 Å². The van der Waals surface area contributed by atoms with Gasteiger partial charge in [-0.2, -0.15) is 5.10 Å². The van der Waals surface area contributed by atoms with Crippen molar-refractivity contribution >= 4 is 17.3 Å². The van der Waals surface area contributed by atoms with Gasteiger partial charge in [-0.05, 0) is 31.0 Å². The van der Waals surface area contributed by atoms with Crippen LogP contribution in [0.5, 0.6) is 0 Å². The highest BCUT2D eigenvalue weighted by atomic mass is 16.1. The number of anilines is 2. The number of para-hydroxylation sites is 2. The van der Waals surface area contributed by atoms with Crippen molar-refractivity contribution < 1.29 is 4.79 Å². The molecule has 5 heteroatoms. The third-order valence-electron chi connectivity index (χ3n) is 3.75. The second-order valence-electron chi connectivity index (χ2n) is 5.28. The molecule has 1 amide bonds. The zero-order valence-electron chi connectivity index (χ0n) is 12.0. The van der Waals surface area contributed by atoms with Crippen LogP contribution in [0.15, 0.2) is 42.7 Å². The number of benzene rings is 1. The Morgan fingerprint density at radius 3 is 2.76 bits per heavy atom. The van der Waals surface area contributed by atoms with Gasteiger partial charge in [-0.1, -0.05) is 12.1 Å². The minimum atomic E-state index is 0.0251. The number of hydrogen-bond acceptors (Lipinski definition) is 3. The quantitative estimate of drug-likeness (QED) is 0.918. The van der Waals surface area contributed by atoms with Gasteiger partial charge in [-0.25, -0.2) is 0 Å². The predicted molar refractivity (Wildman–Crippen MR) is 83.4 cm³/mol. The van der Waals surface area contributed by atoms with Gasteiger partial charge in [-0.3, -0.25) is 9.48 Å². The third kappa shape index (κ3) is 3.42. The molecule has 21 heavy (non-hydrogen) atoms. The van der Waals surface area contributed by atoms with Gasteiger partial charge >= 0.3 is 0 Å². The summed E-state index contributed by atoms with van der Waals surface area (Å²) in [6.07, 6.45) is 6.46. The number of aromatic nitrogens is 2. The Kier molecular flexibility index (Phi) is 4.19. The van der Waals surface area contributed by atoms with Gasteiger partial charge < -0.3 is 10.2 Å². The molecule has 110 valence electrons. The molecule has 3 rings (SSSR count). The van der Waals surface area contributed by atoms with Crippen molar-refractivity contribution in [1.29, 1.82) is 0 Å². The van der Waals surface area contributed by atoms with Crippen molar-refractivity contribution in [2.24, 2.45) is 0 Å². The molecule has 1 saturated heterocycles. The smallest absolute Gasteiger partial charge is 0.226 e. The number of rotatable bonds is 5. The molecule has 5 nitrogen and oxygen atoms in total. The van der Waals surface area contributed by atoms with Crippen LogP contribution in [0.1, 0.15) is 19.3 Å². The fraction of sp³-hybridized carbons (Fsp3) is 0.375. The summed E-state index contributed by atoms with van der Waals surface area (Å²) in [7, 11) is 0. The van der Waals surface area contributed by atoms with Crippen LogP contribution in [0.25, 0.3) is 0 Å². The maximum Gasteiger partial charge on any atom is 0.226 e. The molecule has 0 radical (unpaired) electrons. The van der Waals surface area contributed by atoms with Crippen LogP contribution in [0, 0.1) is 0 Å². The molecular formula is C16H20N4O. The van der Waals surface area contributed by atoms with E-state index in [-0.39, 0.29) is 5.91 Å². The first-order valence-corrected chi connectivity index (χ1v) is 7.44. The minimum Gasteiger partial charge on any atom is -0.370 e. The van der Waals surface area contributed by atoms with Crippen LogP contribution in [-0.4, -0.2) is 28.8 Å². The van der Waals surface area contributed by atoms with Gasteiger partial charge in [0.05, 0.1) is 11.4 Å². The van der Waals surface area contributed by atoms with Crippen LogP contribution < -0.4 is 10.2 Å². The van der Waals surface area contributed by atoms with Crippen LogP contribution in [0.3, 0.4) is 0 Å². The molecule has 2 heterocycles. The van der Waals surface area contributed by atoms with Crippen molar-refractivity contribution in [2.45, 2.75) is 25.8 Å². The molecule has 2 aromatic rings. The first kappa shape index (κ1) is 13.7. The number of hydrogen-bond donors (Lipinski definition) is 1. The molecule has 0 atom stereocenters. The van der Waals surface area contributed by atoms with E-state index in [4.69, 9.17) is 0 Å². The van der Waals surface area contributed by atoms with Gasteiger partial charge in [0.25, 0.3) is 0 Å². The van der Waals surface area contributed by atoms with Gasteiger partial charge in [0, 0.05) is 38.4 Å². The predicted octanol–water partition coefficient (Wildman–Crippen LogP) is 2.51. The SMILES string of the molecule is O=C(CCn1cccn1)Nc1ccccc1N1CCCC1. The molecule has 1 aliphatic rings. The second kappa shape index (κ2) is 6.43. The maximum atomic E-state index is 12.1. The summed E-state index contributed by atoms with van der Waals surface area (Å²) < 4.78 is 1.77. The van der Waals surface area contributed by atoms with E-state index in [1.54, 1.807) is 10.9 Å². The molecule has 1 fully saturated rings. The Morgan fingerprint density at radius 1 is 1.19 bits per heavy atom. The van der Waals surface area contributed by atoms with Crippen LogP contribution in [-0.2, 0) is 11.3 Å². The lowest BCUT2D eigenvalue weighted by atomic mass is 10.2. The normalized spacial score (nSPS) is 14.4. The van der Waals surface area contributed by atoms with E-state index >= 15 is 0 Å². The fourth-order valence-electron chi connectivity index (χ4n) is 2.67. The second-order valence-corrected chi connectivity index (χ2v) is 5.28. The van der Waals surface area contributed by atoms with E-state index in [0.29, 0.717) is 13.0 Å². The Labute approximate surface area is 124 Å². The van der Waals surface area contributed by atoms with Crippen molar-refractivity contribution in [3.63, 3.8) is 0 Å². The number of nitrogens with one attached hydrogen (secondary N) is 1. The van der Waals surface area contributed by atoms with Crippen LogP contribution in [0.2, 0.25) is 0 Å². The van der Waals surface area contributed by atoms with E-state index in [9.17, 15) is 4.79 Å². The zero-order valence-corrected chi connectivity index (χ0v) is 12.0. The largest absolute Gasteiger partial charge is 0.370 e. The van der Waals surface area contributed by atoms with Gasteiger partial charge in [0.2, 0.25) is 5.91 Å². The van der Waals surface area contributed by atoms with E-state index in [1.807, 2.05) is 30.5 Å². The Balaban J connectivity index is 1.62. The molecule has 1 aromatic heterocycles. The van der Waals surface area contributed by atoms with Gasteiger partial charge in [0.1, 0.15) is 0 Å². The lowest BCUT2D eigenvalue weighted by molar-refractivity contribution is -0.116. The molecule has 0 saturated carbocycles. The molecular weight excluding hydrogens is 264 g/mol. The lowest BCUT2D eigenvalue weighted by Gasteiger charge is -2.21. The van der Waals surface area contributed by atoms with Gasteiger partial charge in [-0.15, -0.1) is 0 Å². The highest BCUT2D eigenvalue weighted by Gasteiger charge is 2.16. The molecule has 0 aliphatic carbocycles. The monoisotopic (exact) mass is 284 g/mol. The number of aryl methyl sites for hydroxylation is 1. The van der Waals surface area contributed by atoms with Crippen LogP contribution >= 0.6 is 0 Å². The topological polar surface area (TPSA) is 50.2 Å². The lowest BCUT2D eigenvalue weighted by Crippen LogP contribution is -2.21. The van der Waals surface area contributed by atoms with E-state index in [0.717, 1.165) is 24.5 Å². The van der Waals surface area contributed by atoms with E-state index in [1.165, 1.54) is 12.8 Å². The summed E-state index contributed by atoms with van der Waals surface area (Å²) >= 11 is 0. The summed E-state index contributed by atoms with van der Waals surface area (Å²) in [6.45, 7) is 2.74. The van der Waals surface area contributed by atoms with E-state index < -0.39 is 0 Å². The summed E-state index contributed by atoms with van der Waals surface area (Å²) in [5, 5.41) is 7.13. The molecule has 1 aliphatic heterocycles. The number of carbonyl (C=O) groups is 1.